The first kappa shape index (κ1) is 16.9. The van der Waals surface area contributed by atoms with Crippen molar-refractivity contribution < 1.29 is 23.9 Å². The van der Waals surface area contributed by atoms with E-state index in [0.29, 0.717) is 0 Å². The van der Waals surface area contributed by atoms with Crippen LogP contribution in [0.1, 0.15) is 25.8 Å². The van der Waals surface area contributed by atoms with Crippen LogP contribution >= 0.6 is 0 Å². The van der Waals surface area contributed by atoms with Crippen molar-refractivity contribution in [2.24, 2.45) is 11.3 Å². The van der Waals surface area contributed by atoms with E-state index in [1.54, 1.807) is 31.2 Å². The maximum absolute atomic E-state index is 12.6. The number of benzene rings is 1. The summed E-state index contributed by atoms with van der Waals surface area (Å²) in [6, 6.07) is 8.92. The molecule has 2 atom stereocenters. The minimum absolute atomic E-state index is 0.0212. The normalized spacial score (nSPS) is 19.8. The molecule has 0 aromatic heterocycles. The Bertz CT molecular complexity index is 640. The van der Waals surface area contributed by atoms with E-state index < -0.39 is 34.9 Å². The molecule has 1 aromatic carbocycles. The van der Waals surface area contributed by atoms with Crippen LogP contribution in [-0.4, -0.2) is 30.2 Å². The van der Waals surface area contributed by atoms with Crippen LogP contribution < -0.4 is 5.32 Å². The number of carbonyl (C=O) groups excluding carboxylic acids is 4. The number of imide groups is 1. The number of hydrogen-bond acceptors (Lipinski definition) is 5. The van der Waals surface area contributed by atoms with Gasteiger partial charge in [-0.15, -0.1) is 0 Å². The van der Waals surface area contributed by atoms with E-state index in [4.69, 9.17) is 4.74 Å². The Labute approximate surface area is 134 Å². The molecule has 0 spiro atoms. The molecule has 6 nitrogen and oxygen atoms in total. The molecule has 0 radical (unpaired) electrons. The lowest BCUT2D eigenvalue weighted by Gasteiger charge is -2.32. The molecule has 0 bridgehead atoms. The molecule has 23 heavy (non-hydrogen) atoms. The minimum atomic E-state index is -1.69. The highest BCUT2D eigenvalue weighted by Gasteiger charge is 2.57. The summed E-state index contributed by atoms with van der Waals surface area (Å²) in [7, 11) is 0. The summed E-state index contributed by atoms with van der Waals surface area (Å²) in [5.74, 6) is -3.37. The zero-order valence-electron chi connectivity index (χ0n) is 13.1. The zero-order valence-corrected chi connectivity index (χ0v) is 13.1. The van der Waals surface area contributed by atoms with E-state index in [9.17, 15) is 19.2 Å². The molecule has 1 aromatic rings. The summed E-state index contributed by atoms with van der Waals surface area (Å²) >= 11 is 0. The van der Waals surface area contributed by atoms with Crippen LogP contribution in [0.15, 0.2) is 30.3 Å². The van der Waals surface area contributed by atoms with Crippen molar-refractivity contribution >= 4 is 23.6 Å². The zero-order chi connectivity index (χ0) is 17.0. The summed E-state index contributed by atoms with van der Waals surface area (Å²) in [5, 5.41) is 2.17. The van der Waals surface area contributed by atoms with Crippen molar-refractivity contribution in [1.29, 1.82) is 0 Å². The smallest absolute Gasteiger partial charge is 0.320 e. The van der Waals surface area contributed by atoms with Gasteiger partial charge in [0.1, 0.15) is 11.2 Å². The molecular formula is C17H19NO5. The van der Waals surface area contributed by atoms with Crippen LogP contribution in [0.25, 0.3) is 0 Å². The Balaban J connectivity index is 2.51. The fraction of sp³-hybridized carbons (Fsp3) is 0.412. The Morgan fingerprint density at radius 3 is 2.39 bits per heavy atom. The van der Waals surface area contributed by atoms with Crippen LogP contribution in [0.5, 0.6) is 0 Å². The third kappa shape index (κ3) is 3.16. The summed E-state index contributed by atoms with van der Waals surface area (Å²) in [6.45, 7) is 2.98. The molecule has 122 valence electrons. The second-order valence-electron chi connectivity index (χ2n) is 5.58. The third-order valence-corrected chi connectivity index (χ3v) is 4.16. The maximum Gasteiger partial charge on any atom is 0.320 e. The molecule has 1 aliphatic heterocycles. The van der Waals surface area contributed by atoms with E-state index in [0.717, 1.165) is 5.56 Å². The number of carbonyl (C=O) groups is 4. The summed E-state index contributed by atoms with van der Waals surface area (Å²) in [5.41, 5.74) is -0.962. The molecule has 2 rings (SSSR count). The van der Waals surface area contributed by atoms with Crippen molar-refractivity contribution in [3.63, 3.8) is 0 Å². The van der Waals surface area contributed by atoms with Gasteiger partial charge in [0.25, 0.3) is 0 Å². The second-order valence-corrected chi connectivity index (χ2v) is 5.58. The van der Waals surface area contributed by atoms with Crippen molar-refractivity contribution in [1.82, 2.24) is 5.32 Å². The lowest BCUT2D eigenvalue weighted by molar-refractivity contribution is -0.165. The van der Waals surface area contributed by atoms with Gasteiger partial charge >= 0.3 is 5.97 Å². The van der Waals surface area contributed by atoms with Crippen molar-refractivity contribution in [2.45, 2.75) is 26.7 Å². The Morgan fingerprint density at radius 2 is 1.91 bits per heavy atom. The van der Waals surface area contributed by atoms with Gasteiger partial charge < -0.3 is 4.74 Å². The van der Waals surface area contributed by atoms with Gasteiger partial charge in [-0.3, -0.25) is 24.5 Å². The van der Waals surface area contributed by atoms with E-state index in [1.165, 1.54) is 6.92 Å². The third-order valence-electron chi connectivity index (χ3n) is 4.16. The number of esters is 1. The molecule has 1 fully saturated rings. The fourth-order valence-electron chi connectivity index (χ4n) is 2.98. The van der Waals surface area contributed by atoms with Gasteiger partial charge in [-0.05, 0) is 25.8 Å². The van der Waals surface area contributed by atoms with E-state index >= 15 is 0 Å². The van der Waals surface area contributed by atoms with Crippen LogP contribution in [-0.2, 0) is 30.3 Å². The number of hydrogen-bond donors (Lipinski definition) is 1. The molecule has 1 saturated heterocycles. The molecule has 1 aliphatic rings. The molecular weight excluding hydrogens is 298 g/mol. The molecule has 2 amide bonds. The first-order chi connectivity index (χ1) is 10.9. The predicted octanol–water partition coefficient (Wildman–Crippen LogP) is 1.03. The van der Waals surface area contributed by atoms with Gasteiger partial charge in [0.15, 0.2) is 0 Å². The second kappa shape index (κ2) is 6.73. The number of amides is 2. The standard InChI is InChI=1S/C17H19NO5/c1-3-23-16(22)17(11(2)19,10-12-7-5-4-6-8-12)13-9-14(20)18-15(13)21/h4-8,13H,3,9-10H2,1-2H3,(H,18,20,21). The Kier molecular flexibility index (Phi) is 4.93. The van der Waals surface area contributed by atoms with E-state index in [-0.39, 0.29) is 19.4 Å². The number of ether oxygens (including phenoxy) is 1. The number of nitrogens with one attached hydrogen (secondary N) is 1. The molecule has 2 unspecified atom stereocenters. The minimum Gasteiger partial charge on any atom is -0.465 e. The fourth-order valence-corrected chi connectivity index (χ4v) is 2.98. The largest absolute Gasteiger partial charge is 0.465 e. The summed E-state index contributed by atoms with van der Waals surface area (Å²) in [4.78, 5) is 48.8. The van der Waals surface area contributed by atoms with E-state index in [2.05, 4.69) is 5.32 Å². The number of Topliss-reactive ketones (excluding diaryl/α,β-unsaturated/α-hetero) is 1. The average molecular weight is 317 g/mol. The first-order valence-corrected chi connectivity index (χ1v) is 7.47. The SMILES string of the molecule is CCOC(=O)C(Cc1ccccc1)(C(C)=O)C1CC(=O)NC1=O. The molecule has 0 aliphatic carbocycles. The van der Waals surface area contributed by atoms with Gasteiger partial charge in [-0.2, -0.15) is 0 Å². The molecule has 6 heteroatoms. The summed E-state index contributed by atoms with van der Waals surface area (Å²) < 4.78 is 5.09. The molecule has 0 saturated carbocycles. The number of rotatable bonds is 6. The molecule has 1 heterocycles. The van der Waals surface area contributed by atoms with Crippen LogP contribution in [0, 0.1) is 11.3 Å². The van der Waals surface area contributed by atoms with Crippen molar-refractivity contribution in [3.05, 3.63) is 35.9 Å². The van der Waals surface area contributed by atoms with Gasteiger partial charge in [-0.25, -0.2) is 0 Å². The lowest BCUT2D eigenvalue weighted by atomic mass is 9.67. The summed E-state index contributed by atoms with van der Waals surface area (Å²) in [6.07, 6.45) is -0.169. The quantitative estimate of drug-likeness (QED) is 0.481. The highest BCUT2D eigenvalue weighted by Crippen LogP contribution is 2.39. The molecule has 1 N–H and O–H groups in total. The predicted molar refractivity (Wildman–Crippen MR) is 81.1 cm³/mol. The number of ketones is 1. The lowest BCUT2D eigenvalue weighted by Crippen LogP contribution is -2.50. The van der Waals surface area contributed by atoms with Crippen LogP contribution in [0.3, 0.4) is 0 Å². The highest BCUT2D eigenvalue weighted by molar-refractivity contribution is 6.12. The van der Waals surface area contributed by atoms with Gasteiger partial charge in [0.05, 0.1) is 12.5 Å². The van der Waals surface area contributed by atoms with E-state index in [1.807, 2.05) is 6.07 Å². The van der Waals surface area contributed by atoms with Crippen LogP contribution in [0.2, 0.25) is 0 Å². The van der Waals surface area contributed by atoms with Crippen LogP contribution in [0.4, 0.5) is 0 Å². The van der Waals surface area contributed by atoms with Gasteiger partial charge in [-0.1, -0.05) is 30.3 Å². The van der Waals surface area contributed by atoms with Crippen molar-refractivity contribution in [3.8, 4) is 0 Å². The Hall–Kier alpha value is -2.50. The van der Waals surface area contributed by atoms with Gasteiger partial charge in [0, 0.05) is 6.42 Å². The van der Waals surface area contributed by atoms with Crippen molar-refractivity contribution in [2.75, 3.05) is 6.61 Å². The monoisotopic (exact) mass is 317 g/mol. The first-order valence-electron chi connectivity index (χ1n) is 7.47. The Morgan fingerprint density at radius 1 is 1.26 bits per heavy atom. The average Bonchev–Trinajstić information content (AvgIpc) is 2.84. The highest BCUT2D eigenvalue weighted by atomic mass is 16.5. The maximum atomic E-state index is 12.6. The van der Waals surface area contributed by atoms with Gasteiger partial charge in [0.2, 0.25) is 11.8 Å². The topological polar surface area (TPSA) is 89.5 Å².